The van der Waals surface area contributed by atoms with E-state index in [2.05, 4.69) is 32.0 Å². The Balaban J connectivity index is 1.51. The molecule has 0 saturated carbocycles. The second kappa shape index (κ2) is 8.09. The molecule has 0 radical (unpaired) electrons. The average Bonchev–Trinajstić information content (AvgIpc) is 3.21. The molecule has 8 heteroatoms. The molecule has 1 aromatic carbocycles. The van der Waals surface area contributed by atoms with Crippen molar-refractivity contribution in [3.05, 3.63) is 57.3 Å². The summed E-state index contributed by atoms with van der Waals surface area (Å²) in [6.45, 7) is 7.15. The van der Waals surface area contributed by atoms with E-state index in [0.717, 1.165) is 39.1 Å². The van der Waals surface area contributed by atoms with Crippen molar-refractivity contribution < 1.29 is 4.79 Å². The van der Waals surface area contributed by atoms with Gasteiger partial charge in [0.1, 0.15) is 10.0 Å². The van der Waals surface area contributed by atoms with Gasteiger partial charge < -0.3 is 10.6 Å². The van der Waals surface area contributed by atoms with Crippen LogP contribution < -0.4 is 10.6 Å². The molecule has 0 saturated heterocycles. The Morgan fingerprint density at radius 1 is 1.15 bits per heavy atom. The highest BCUT2D eigenvalue weighted by Crippen LogP contribution is 2.13. The van der Waals surface area contributed by atoms with Crippen molar-refractivity contribution in [1.82, 2.24) is 25.3 Å². The van der Waals surface area contributed by atoms with Crippen LogP contribution in [0.25, 0.3) is 0 Å². The number of hydrogen-bond acceptors (Lipinski definition) is 5. The number of amides is 2. The largest absolute Gasteiger partial charge is 0.331 e. The minimum absolute atomic E-state index is 0.260. The number of carbonyl (C=O) groups excluding carboxylic acids is 1. The molecular formula is C18H22N6OS. The standard InChI is InChI=1S/C18H22N6OS/c1-4-16-21-22-17(26-16)10-19-18(25)20-15-7-5-14(6-8-15)11-24-13(3)9-12(2)23-24/h5-9H,4,10-11H2,1-3H3,(H2,19,20,25). The summed E-state index contributed by atoms with van der Waals surface area (Å²) in [7, 11) is 0. The SMILES string of the molecule is CCc1nnc(CNC(=O)Nc2ccc(Cn3nc(C)cc3C)cc2)s1. The van der Waals surface area contributed by atoms with Crippen molar-refractivity contribution in [3.8, 4) is 0 Å². The molecule has 0 atom stereocenters. The lowest BCUT2D eigenvalue weighted by molar-refractivity contribution is 0.251. The number of anilines is 1. The summed E-state index contributed by atoms with van der Waals surface area (Å²) in [5, 5.41) is 19.9. The van der Waals surface area contributed by atoms with E-state index >= 15 is 0 Å². The van der Waals surface area contributed by atoms with Gasteiger partial charge in [0.2, 0.25) is 0 Å². The van der Waals surface area contributed by atoms with E-state index in [1.54, 1.807) is 0 Å². The summed E-state index contributed by atoms with van der Waals surface area (Å²) in [4.78, 5) is 12.0. The highest BCUT2D eigenvalue weighted by molar-refractivity contribution is 7.11. The van der Waals surface area contributed by atoms with E-state index in [0.29, 0.717) is 13.1 Å². The number of nitrogens with zero attached hydrogens (tertiary/aromatic N) is 4. The number of carbonyl (C=O) groups is 1. The third-order valence-electron chi connectivity index (χ3n) is 3.86. The fourth-order valence-electron chi connectivity index (χ4n) is 2.54. The molecular weight excluding hydrogens is 348 g/mol. The van der Waals surface area contributed by atoms with Crippen LogP contribution in [0.4, 0.5) is 10.5 Å². The molecule has 7 nitrogen and oxygen atoms in total. The maximum Gasteiger partial charge on any atom is 0.319 e. The van der Waals surface area contributed by atoms with Crippen molar-refractivity contribution in [2.24, 2.45) is 0 Å². The van der Waals surface area contributed by atoms with Gasteiger partial charge in [-0.3, -0.25) is 4.68 Å². The van der Waals surface area contributed by atoms with Gasteiger partial charge in [0.05, 0.1) is 18.8 Å². The van der Waals surface area contributed by atoms with Crippen LogP contribution >= 0.6 is 11.3 Å². The third-order valence-corrected chi connectivity index (χ3v) is 4.93. The molecule has 2 heterocycles. The number of aromatic nitrogens is 4. The zero-order valence-electron chi connectivity index (χ0n) is 15.1. The molecule has 2 N–H and O–H groups in total. The molecule has 3 aromatic rings. The molecule has 2 aromatic heterocycles. The summed E-state index contributed by atoms with van der Waals surface area (Å²) >= 11 is 1.51. The van der Waals surface area contributed by atoms with Gasteiger partial charge in [-0.25, -0.2) is 4.79 Å². The van der Waals surface area contributed by atoms with Crippen LogP contribution in [0.15, 0.2) is 30.3 Å². The van der Waals surface area contributed by atoms with Gasteiger partial charge in [0, 0.05) is 11.4 Å². The Morgan fingerprint density at radius 3 is 2.50 bits per heavy atom. The number of urea groups is 1. The Kier molecular flexibility index (Phi) is 5.62. The summed E-state index contributed by atoms with van der Waals surface area (Å²) in [6.07, 6.45) is 0.855. The highest BCUT2D eigenvalue weighted by Gasteiger charge is 2.06. The first-order chi connectivity index (χ1) is 12.5. The minimum atomic E-state index is -0.260. The monoisotopic (exact) mass is 370 g/mol. The average molecular weight is 370 g/mol. The van der Waals surface area contributed by atoms with Crippen molar-refractivity contribution >= 4 is 23.1 Å². The Bertz CT molecular complexity index is 883. The Hall–Kier alpha value is -2.74. The fraction of sp³-hybridized carbons (Fsp3) is 0.333. The van der Waals surface area contributed by atoms with E-state index < -0.39 is 0 Å². The molecule has 136 valence electrons. The predicted octanol–water partition coefficient (Wildman–Crippen LogP) is 3.28. The Labute approximate surface area is 156 Å². The van der Waals surface area contributed by atoms with E-state index in [4.69, 9.17) is 0 Å². The summed E-state index contributed by atoms with van der Waals surface area (Å²) < 4.78 is 1.97. The Morgan fingerprint density at radius 2 is 1.88 bits per heavy atom. The second-order valence-electron chi connectivity index (χ2n) is 6.03. The maximum absolute atomic E-state index is 12.0. The number of nitrogens with one attached hydrogen (secondary N) is 2. The first-order valence-corrected chi connectivity index (χ1v) is 9.31. The van der Waals surface area contributed by atoms with E-state index in [1.165, 1.54) is 11.3 Å². The van der Waals surface area contributed by atoms with Gasteiger partial charge in [-0.15, -0.1) is 10.2 Å². The first kappa shape index (κ1) is 18.1. The molecule has 0 aliphatic heterocycles. The molecule has 0 spiro atoms. The van der Waals surface area contributed by atoms with Crippen LogP contribution in [0, 0.1) is 13.8 Å². The van der Waals surface area contributed by atoms with Crippen LogP contribution in [0.3, 0.4) is 0 Å². The predicted molar refractivity (Wildman–Crippen MR) is 102 cm³/mol. The zero-order chi connectivity index (χ0) is 18.5. The lowest BCUT2D eigenvalue weighted by Gasteiger charge is -2.08. The fourth-order valence-corrected chi connectivity index (χ4v) is 3.26. The molecule has 26 heavy (non-hydrogen) atoms. The molecule has 0 aliphatic carbocycles. The third kappa shape index (κ3) is 4.66. The summed E-state index contributed by atoms with van der Waals surface area (Å²) in [6, 6.07) is 9.56. The number of benzene rings is 1. The lowest BCUT2D eigenvalue weighted by atomic mass is 10.2. The summed E-state index contributed by atoms with van der Waals surface area (Å²) in [5.41, 5.74) is 4.01. The number of aryl methyl sites for hydroxylation is 3. The van der Waals surface area contributed by atoms with Gasteiger partial charge in [-0.05, 0) is 44.0 Å². The van der Waals surface area contributed by atoms with Crippen LogP contribution in [0.5, 0.6) is 0 Å². The molecule has 3 rings (SSSR count). The van der Waals surface area contributed by atoms with E-state index in [-0.39, 0.29) is 6.03 Å². The second-order valence-corrected chi connectivity index (χ2v) is 7.18. The normalized spacial score (nSPS) is 10.7. The summed E-state index contributed by atoms with van der Waals surface area (Å²) in [5.74, 6) is 0. The van der Waals surface area contributed by atoms with E-state index in [1.807, 2.05) is 49.7 Å². The van der Waals surface area contributed by atoms with Crippen molar-refractivity contribution in [1.29, 1.82) is 0 Å². The maximum atomic E-state index is 12.0. The van der Waals surface area contributed by atoms with Crippen LogP contribution in [0.1, 0.15) is 33.9 Å². The van der Waals surface area contributed by atoms with Crippen molar-refractivity contribution in [3.63, 3.8) is 0 Å². The van der Waals surface area contributed by atoms with Crippen molar-refractivity contribution in [2.75, 3.05) is 5.32 Å². The topological polar surface area (TPSA) is 84.7 Å². The van der Waals surface area contributed by atoms with Crippen LogP contribution in [-0.4, -0.2) is 26.0 Å². The molecule has 0 bridgehead atoms. The smallest absolute Gasteiger partial charge is 0.319 e. The first-order valence-electron chi connectivity index (χ1n) is 8.49. The molecule has 0 aliphatic rings. The molecule has 0 unspecified atom stereocenters. The van der Waals surface area contributed by atoms with Crippen molar-refractivity contribution in [2.45, 2.75) is 40.3 Å². The van der Waals surface area contributed by atoms with Gasteiger partial charge >= 0.3 is 6.03 Å². The quantitative estimate of drug-likeness (QED) is 0.697. The van der Waals surface area contributed by atoms with Gasteiger partial charge in [-0.2, -0.15) is 5.10 Å². The van der Waals surface area contributed by atoms with Gasteiger partial charge in [0.25, 0.3) is 0 Å². The highest BCUT2D eigenvalue weighted by atomic mass is 32.1. The molecule has 0 fully saturated rings. The molecule has 2 amide bonds. The lowest BCUT2D eigenvalue weighted by Crippen LogP contribution is -2.28. The minimum Gasteiger partial charge on any atom is -0.331 e. The van der Waals surface area contributed by atoms with Gasteiger partial charge in [0.15, 0.2) is 0 Å². The van der Waals surface area contributed by atoms with Gasteiger partial charge in [-0.1, -0.05) is 30.4 Å². The number of hydrogen-bond donors (Lipinski definition) is 2. The number of rotatable bonds is 6. The van der Waals surface area contributed by atoms with Crippen LogP contribution in [-0.2, 0) is 19.5 Å². The van der Waals surface area contributed by atoms with Crippen LogP contribution in [0.2, 0.25) is 0 Å². The van der Waals surface area contributed by atoms with E-state index in [9.17, 15) is 4.79 Å². The zero-order valence-corrected chi connectivity index (χ0v) is 15.9.